The molecule has 0 unspecified atom stereocenters. The third kappa shape index (κ3) is 8.33. The van der Waals surface area contributed by atoms with E-state index >= 15 is 0 Å². The first-order valence-electron chi connectivity index (χ1n) is 8.43. The van der Waals surface area contributed by atoms with Gasteiger partial charge in [-0.1, -0.05) is 12.1 Å². The van der Waals surface area contributed by atoms with Crippen LogP contribution in [-0.4, -0.2) is 35.4 Å². The lowest BCUT2D eigenvalue weighted by molar-refractivity contribution is 0.583. The van der Waals surface area contributed by atoms with E-state index in [0.29, 0.717) is 0 Å². The van der Waals surface area contributed by atoms with Gasteiger partial charge in [-0.15, -0.1) is 24.0 Å². The molecule has 1 aromatic carbocycles. The van der Waals surface area contributed by atoms with Gasteiger partial charge in [0, 0.05) is 32.4 Å². The zero-order valence-electron chi connectivity index (χ0n) is 14.8. The van der Waals surface area contributed by atoms with Crippen LogP contribution in [0, 0.1) is 12.7 Å². The summed E-state index contributed by atoms with van der Waals surface area (Å²) >= 11 is 0. The minimum absolute atomic E-state index is 0. The van der Waals surface area contributed by atoms with Crippen molar-refractivity contribution in [3.63, 3.8) is 0 Å². The Balaban J connectivity index is 0.00000312. The SMILES string of the molecule is CCNC(=NCCCn1cc(C)cn1)NCCc1ccc(F)cc1.I. The Morgan fingerprint density at radius 1 is 1.24 bits per heavy atom. The van der Waals surface area contributed by atoms with Crippen molar-refractivity contribution in [1.29, 1.82) is 0 Å². The zero-order chi connectivity index (χ0) is 17.2. The number of benzene rings is 1. The summed E-state index contributed by atoms with van der Waals surface area (Å²) < 4.78 is 14.8. The van der Waals surface area contributed by atoms with Crippen molar-refractivity contribution < 1.29 is 4.39 Å². The molecule has 1 aromatic heterocycles. The molecule has 0 saturated heterocycles. The molecular formula is C18H27FIN5. The number of hydrogen-bond acceptors (Lipinski definition) is 2. The van der Waals surface area contributed by atoms with Crippen LogP contribution < -0.4 is 10.6 Å². The molecular weight excluding hydrogens is 432 g/mol. The van der Waals surface area contributed by atoms with Crippen molar-refractivity contribution >= 4 is 29.9 Å². The summed E-state index contributed by atoms with van der Waals surface area (Å²) in [6.07, 6.45) is 5.67. The standard InChI is InChI=1S/C18H26FN5.HI/c1-3-20-18(21-10-4-12-24-14-15(2)13-23-24)22-11-9-16-5-7-17(19)8-6-16;/h5-8,13-14H,3-4,9-12H2,1-2H3,(H2,20,21,22);1H. The number of hydrogen-bond donors (Lipinski definition) is 2. The highest BCUT2D eigenvalue weighted by atomic mass is 127. The first-order valence-corrected chi connectivity index (χ1v) is 8.43. The van der Waals surface area contributed by atoms with Gasteiger partial charge in [0.1, 0.15) is 5.82 Å². The van der Waals surface area contributed by atoms with E-state index in [-0.39, 0.29) is 29.8 Å². The maximum Gasteiger partial charge on any atom is 0.191 e. The van der Waals surface area contributed by atoms with Gasteiger partial charge in [0.25, 0.3) is 0 Å². The lowest BCUT2D eigenvalue weighted by atomic mass is 10.1. The molecule has 0 atom stereocenters. The molecule has 0 saturated carbocycles. The number of nitrogens with zero attached hydrogens (tertiary/aromatic N) is 3. The molecule has 138 valence electrons. The number of aryl methyl sites for hydroxylation is 2. The van der Waals surface area contributed by atoms with Gasteiger partial charge < -0.3 is 10.6 Å². The van der Waals surface area contributed by atoms with Gasteiger partial charge in [-0.2, -0.15) is 5.10 Å². The average Bonchev–Trinajstić information content (AvgIpc) is 2.99. The molecule has 5 nitrogen and oxygen atoms in total. The van der Waals surface area contributed by atoms with Crippen LogP contribution in [0.25, 0.3) is 0 Å². The molecule has 0 aliphatic rings. The topological polar surface area (TPSA) is 54.2 Å². The van der Waals surface area contributed by atoms with Crippen LogP contribution in [0.4, 0.5) is 4.39 Å². The Hall–Kier alpha value is -1.64. The van der Waals surface area contributed by atoms with E-state index in [1.165, 1.54) is 17.7 Å². The molecule has 2 aromatic rings. The molecule has 1 heterocycles. The van der Waals surface area contributed by atoms with Crippen LogP contribution in [0.5, 0.6) is 0 Å². The second-order valence-electron chi connectivity index (χ2n) is 5.70. The maximum atomic E-state index is 12.9. The van der Waals surface area contributed by atoms with Crippen LogP contribution in [0.2, 0.25) is 0 Å². The van der Waals surface area contributed by atoms with E-state index < -0.39 is 0 Å². The first kappa shape index (κ1) is 21.4. The summed E-state index contributed by atoms with van der Waals surface area (Å²) in [6, 6.07) is 6.61. The van der Waals surface area contributed by atoms with Crippen molar-refractivity contribution in [2.75, 3.05) is 19.6 Å². The average molecular weight is 459 g/mol. The summed E-state index contributed by atoms with van der Waals surface area (Å²) in [4.78, 5) is 4.57. The van der Waals surface area contributed by atoms with E-state index in [9.17, 15) is 4.39 Å². The van der Waals surface area contributed by atoms with Crippen molar-refractivity contribution in [2.45, 2.75) is 33.2 Å². The summed E-state index contributed by atoms with van der Waals surface area (Å²) in [5.74, 6) is 0.616. The molecule has 0 aliphatic carbocycles. The molecule has 2 N–H and O–H groups in total. The predicted octanol–water partition coefficient (Wildman–Crippen LogP) is 3.14. The summed E-state index contributed by atoms with van der Waals surface area (Å²) in [7, 11) is 0. The number of rotatable bonds is 8. The summed E-state index contributed by atoms with van der Waals surface area (Å²) in [5.41, 5.74) is 2.28. The fraction of sp³-hybridized carbons (Fsp3) is 0.444. The summed E-state index contributed by atoms with van der Waals surface area (Å²) in [6.45, 7) is 7.27. The first-order chi connectivity index (χ1) is 11.7. The maximum absolute atomic E-state index is 12.9. The highest BCUT2D eigenvalue weighted by molar-refractivity contribution is 14.0. The van der Waals surface area contributed by atoms with Gasteiger partial charge in [0.15, 0.2) is 5.96 Å². The molecule has 0 amide bonds. The van der Waals surface area contributed by atoms with Crippen LogP contribution in [0.15, 0.2) is 41.7 Å². The number of aliphatic imine (C=N–C) groups is 1. The van der Waals surface area contributed by atoms with E-state index in [1.807, 2.05) is 43.1 Å². The Labute approximate surface area is 166 Å². The second-order valence-corrected chi connectivity index (χ2v) is 5.70. The number of guanidine groups is 1. The van der Waals surface area contributed by atoms with Crippen LogP contribution >= 0.6 is 24.0 Å². The monoisotopic (exact) mass is 459 g/mol. The van der Waals surface area contributed by atoms with Gasteiger partial charge in [0.2, 0.25) is 0 Å². The van der Waals surface area contributed by atoms with Gasteiger partial charge in [0.05, 0.1) is 6.20 Å². The smallest absolute Gasteiger partial charge is 0.191 e. The third-order valence-corrected chi connectivity index (χ3v) is 3.54. The number of nitrogens with one attached hydrogen (secondary N) is 2. The number of halogens is 2. The lowest BCUT2D eigenvalue weighted by Gasteiger charge is -2.11. The van der Waals surface area contributed by atoms with Gasteiger partial charge in [-0.3, -0.25) is 9.67 Å². The largest absolute Gasteiger partial charge is 0.357 e. The molecule has 0 spiro atoms. The Bertz CT molecular complexity index is 639. The molecule has 7 heteroatoms. The van der Waals surface area contributed by atoms with Crippen molar-refractivity contribution in [3.8, 4) is 0 Å². The van der Waals surface area contributed by atoms with E-state index in [2.05, 4.69) is 20.7 Å². The molecule has 25 heavy (non-hydrogen) atoms. The van der Waals surface area contributed by atoms with Gasteiger partial charge >= 0.3 is 0 Å². The van der Waals surface area contributed by atoms with Gasteiger partial charge in [-0.25, -0.2) is 4.39 Å². The Morgan fingerprint density at radius 2 is 2.00 bits per heavy atom. The van der Waals surface area contributed by atoms with E-state index in [4.69, 9.17) is 0 Å². The zero-order valence-corrected chi connectivity index (χ0v) is 17.2. The molecule has 0 fully saturated rings. The number of aromatic nitrogens is 2. The predicted molar refractivity (Wildman–Crippen MR) is 111 cm³/mol. The van der Waals surface area contributed by atoms with Crippen LogP contribution in [0.1, 0.15) is 24.5 Å². The normalized spacial score (nSPS) is 11.1. The molecule has 2 rings (SSSR count). The fourth-order valence-corrected chi connectivity index (χ4v) is 2.33. The fourth-order valence-electron chi connectivity index (χ4n) is 2.33. The second kappa shape index (κ2) is 11.8. The minimum Gasteiger partial charge on any atom is -0.357 e. The van der Waals surface area contributed by atoms with Crippen LogP contribution in [-0.2, 0) is 13.0 Å². The van der Waals surface area contributed by atoms with Crippen molar-refractivity contribution in [1.82, 2.24) is 20.4 Å². The highest BCUT2D eigenvalue weighted by Crippen LogP contribution is 2.02. The van der Waals surface area contributed by atoms with Crippen molar-refractivity contribution in [3.05, 3.63) is 53.6 Å². The minimum atomic E-state index is -0.200. The van der Waals surface area contributed by atoms with Crippen LogP contribution in [0.3, 0.4) is 0 Å². The lowest BCUT2D eigenvalue weighted by Crippen LogP contribution is -2.38. The highest BCUT2D eigenvalue weighted by Gasteiger charge is 1.99. The summed E-state index contributed by atoms with van der Waals surface area (Å²) in [5, 5.41) is 10.8. The third-order valence-electron chi connectivity index (χ3n) is 3.54. The molecule has 0 aliphatic heterocycles. The molecule has 0 bridgehead atoms. The Kier molecular flexibility index (Phi) is 10.1. The van der Waals surface area contributed by atoms with Gasteiger partial charge in [-0.05, 0) is 49.9 Å². The molecule has 0 radical (unpaired) electrons. The quantitative estimate of drug-likeness (QED) is 0.276. The van der Waals surface area contributed by atoms with E-state index in [1.54, 1.807) is 0 Å². The van der Waals surface area contributed by atoms with E-state index in [0.717, 1.165) is 50.5 Å². The van der Waals surface area contributed by atoms with Crippen molar-refractivity contribution in [2.24, 2.45) is 4.99 Å². The Morgan fingerprint density at radius 3 is 2.64 bits per heavy atom.